The molecule has 0 saturated carbocycles. The van der Waals surface area contributed by atoms with Gasteiger partial charge in [-0.3, -0.25) is 14.7 Å². The van der Waals surface area contributed by atoms with E-state index < -0.39 is 0 Å². The minimum absolute atomic E-state index is 0.0961. The molecule has 1 unspecified atom stereocenters. The molecule has 1 aromatic carbocycles. The summed E-state index contributed by atoms with van der Waals surface area (Å²) < 4.78 is 13.7. The van der Waals surface area contributed by atoms with Crippen LogP contribution in [0.15, 0.2) is 54.9 Å². The number of aromatic nitrogens is 3. The van der Waals surface area contributed by atoms with Gasteiger partial charge in [0.15, 0.2) is 5.82 Å². The molecular weight excluding hydrogens is 419 g/mol. The van der Waals surface area contributed by atoms with E-state index in [4.69, 9.17) is 9.97 Å². The highest BCUT2D eigenvalue weighted by atomic mass is 19.1. The molecule has 2 aromatic heterocycles. The summed E-state index contributed by atoms with van der Waals surface area (Å²) in [6.07, 6.45) is 5.14. The molecule has 0 bridgehead atoms. The average Bonchev–Trinajstić information content (AvgIpc) is 3.33. The van der Waals surface area contributed by atoms with Crippen molar-refractivity contribution in [2.75, 3.05) is 31.5 Å². The highest BCUT2D eigenvalue weighted by molar-refractivity contribution is 5.79. The summed E-state index contributed by atoms with van der Waals surface area (Å²) in [7, 11) is 0. The highest BCUT2D eigenvalue weighted by Gasteiger charge is 2.33. The third-order valence-electron chi connectivity index (χ3n) is 5.94. The Labute approximate surface area is 193 Å². The minimum atomic E-state index is -0.326. The molecule has 1 aliphatic heterocycles. The van der Waals surface area contributed by atoms with Crippen molar-refractivity contribution >= 4 is 17.4 Å². The number of pyridine rings is 1. The van der Waals surface area contributed by atoms with Gasteiger partial charge in [-0.2, -0.15) is 0 Å². The Morgan fingerprint density at radius 2 is 1.94 bits per heavy atom. The number of nitrogens with zero attached hydrogens (tertiary/aromatic N) is 5. The molecule has 172 valence electrons. The zero-order valence-electron chi connectivity index (χ0n) is 19.0. The molecule has 1 atom stereocenters. The second-order valence-corrected chi connectivity index (χ2v) is 8.07. The average molecular weight is 449 g/mol. The number of carbonyl (C=O) groups excluding carboxylic acids is 1. The molecule has 0 spiro atoms. The van der Waals surface area contributed by atoms with Gasteiger partial charge >= 0.3 is 0 Å². The molecule has 3 aromatic rings. The lowest BCUT2D eigenvalue weighted by Crippen LogP contribution is -2.40. The van der Waals surface area contributed by atoms with Crippen LogP contribution in [0.3, 0.4) is 0 Å². The van der Waals surface area contributed by atoms with E-state index in [0.717, 1.165) is 37.2 Å². The zero-order chi connectivity index (χ0) is 23.2. The van der Waals surface area contributed by atoms with Crippen LogP contribution in [0.25, 0.3) is 11.3 Å². The van der Waals surface area contributed by atoms with Gasteiger partial charge in [0.25, 0.3) is 0 Å². The number of anilines is 2. The first-order valence-corrected chi connectivity index (χ1v) is 11.4. The topological polar surface area (TPSA) is 74.2 Å². The normalized spacial score (nSPS) is 15.8. The zero-order valence-corrected chi connectivity index (χ0v) is 19.0. The third-order valence-corrected chi connectivity index (χ3v) is 5.94. The maximum absolute atomic E-state index is 13.7. The SMILES string of the molecule is CCN(CC)CC(=O)N1CCCC1c1nc(Nc2cccc(F)c2)cc(-c2ccncc2)n1. The van der Waals surface area contributed by atoms with Gasteiger partial charge in [-0.1, -0.05) is 19.9 Å². The van der Waals surface area contributed by atoms with Crippen molar-refractivity contribution in [2.24, 2.45) is 0 Å². The quantitative estimate of drug-likeness (QED) is 0.550. The van der Waals surface area contributed by atoms with E-state index in [1.54, 1.807) is 24.5 Å². The van der Waals surface area contributed by atoms with Crippen molar-refractivity contribution in [3.05, 3.63) is 66.5 Å². The number of benzene rings is 1. The van der Waals surface area contributed by atoms with Gasteiger partial charge in [-0.05, 0) is 56.3 Å². The first-order chi connectivity index (χ1) is 16.1. The van der Waals surface area contributed by atoms with Crippen molar-refractivity contribution in [2.45, 2.75) is 32.7 Å². The lowest BCUT2D eigenvalue weighted by atomic mass is 10.1. The van der Waals surface area contributed by atoms with Gasteiger partial charge in [0.2, 0.25) is 5.91 Å². The lowest BCUT2D eigenvalue weighted by molar-refractivity contribution is -0.133. The fourth-order valence-corrected chi connectivity index (χ4v) is 4.13. The summed E-state index contributed by atoms with van der Waals surface area (Å²) >= 11 is 0. The Morgan fingerprint density at radius 3 is 2.67 bits per heavy atom. The fraction of sp³-hybridized carbons (Fsp3) is 0.360. The lowest BCUT2D eigenvalue weighted by Gasteiger charge is -2.27. The van der Waals surface area contributed by atoms with Crippen LogP contribution in [-0.4, -0.2) is 56.8 Å². The minimum Gasteiger partial charge on any atom is -0.340 e. The summed E-state index contributed by atoms with van der Waals surface area (Å²) in [6.45, 7) is 6.86. The van der Waals surface area contributed by atoms with Crippen molar-refractivity contribution in [1.29, 1.82) is 0 Å². The van der Waals surface area contributed by atoms with Crippen LogP contribution in [0.1, 0.15) is 38.6 Å². The van der Waals surface area contributed by atoms with Crippen molar-refractivity contribution in [3.63, 3.8) is 0 Å². The van der Waals surface area contributed by atoms with Crippen LogP contribution in [-0.2, 0) is 4.79 Å². The Hall–Kier alpha value is -3.39. The predicted molar refractivity (Wildman–Crippen MR) is 126 cm³/mol. The number of likely N-dealkylation sites (tertiary alicyclic amines) is 1. The van der Waals surface area contributed by atoms with Gasteiger partial charge in [0, 0.05) is 36.3 Å². The number of hydrogen-bond donors (Lipinski definition) is 1. The predicted octanol–water partition coefficient (Wildman–Crippen LogP) is 4.43. The van der Waals surface area contributed by atoms with Crippen LogP contribution in [0.5, 0.6) is 0 Å². The highest BCUT2D eigenvalue weighted by Crippen LogP contribution is 2.33. The van der Waals surface area contributed by atoms with Gasteiger partial charge in [0.05, 0.1) is 18.3 Å². The van der Waals surface area contributed by atoms with Crippen LogP contribution in [0, 0.1) is 5.82 Å². The van der Waals surface area contributed by atoms with Crippen molar-refractivity contribution in [3.8, 4) is 11.3 Å². The summed E-state index contributed by atoms with van der Waals surface area (Å²) in [6, 6.07) is 11.7. The van der Waals surface area contributed by atoms with Gasteiger partial charge in [-0.25, -0.2) is 14.4 Å². The Morgan fingerprint density at radius 1 is 1.15 bits per heavy atom. The molecule has 1 aliphatic rings. The number of nitrogens with one attached hydrogen (secondary N) is 1. The van der Waals surface area contributed by atoms with Crippen LogP contribution >= 0.6 is 0 Å². The molecule has 1 saturated heterocycles. The molecule has 1 N–H and O–H groups in total. The van der Waals surface area contributed by atoms with Gasteiger partial charge in [-0.15, -0.1) is 0 Å². The summed E-state index contributed by atoms with van der Waals surface area (Å²) in [5.74, 6) is 0.917. The van der Waals surface area contributed by atoms with Gasteiger partial charge < -0.3 is 10.2 Å². The second-order valence-electron chi connectivity index (χ2n) is 8.07. The number of amides is 1. The van der Waals surface area contributed by atoms with E-state index in [1.807, 2.05) is 23.1 Å². The van der Waals surface area contributed by atoms with Gasteiger partial charge in [0.1, 0.15) is 11.6 Å². The monoisotopic (exact) mass is 448 g/mol. The van der Waals surface area contributed by atoms with Crippen LogP contribution in [0.2, 0.25) is 0 Å². The number of carbonyl (C=O) groups is 1. The first-order valence-electron chi connectivity index (χ1n) is 11.4. The number of halogens is 1. The smallest absolute Gasteiger partial charge is 0.237 e. The van der Waals surface area contributed by atoms with Crippen molar-refractivity contribution in [1.82, 2.24) is 24.8 Å². The molecule has 8 heteroatoms. The maximum Gasteiger partial charge on any atom is 0.237 e. The summed E-state index contributed by atoms with van der Waals surface area (Å²) in [5, 5.41) is 3.19. The Bertz CT molecular complexity index is 1090. The van der Waals surface area contributed by atoms with E-state index >= 15 is 0 Å². The fourth-order valence-electron chi connectivity index (χ4n) is 4.13. The summed E-state index contributed by atoms with van der Waals surface area (Å²) in [5.41, 5.74) is 2.22. The molecule has 1 amide bonds. The van der Waals surface area contributed by atoms with E-state index in [1.165, 1.54) is 12.1 Å². The first kappa shape index (κ1) is 22.8. The Kier molecular flexibility index (Phi) is 7.24. The molecule has 0 radical (unpaired) electrons. The van der Waals surface area contributed by atoms with E-state index in [-0.39, 0.29) is 17.8 Å². The second kappa shape index (κ2) is 10.5. The van der Waals surface area contributed by atoms with E-state index in [9.17, 15) is 9.18 Å². The molecular formula is C25H29FN6O. The maximum atomic E-state index is 13.7. The van der Waals surface area contributed by atoms with Crippen molar-refractivity contribution < 1.29 is 9.18 Å². The largest absolute Gasteiger partial charge is 0.340 e. The molecule has 3 heterocycles. The number of hydrogen-bond acceptors (Lipinski definition) is 6. The molecule has 1 fully saturated rings. The molecule has 33 heavy (non-hydrogen) atoms. The molecule has 4 rings (SSSR count). The molecule has 7 nitrogen and oxygen atoms in total. The number of rotatable bonds is 8. The standard InChI is InChI=1S/C25H29FN6O/c1-3-31(4-2)17-24(33)32-14-6-9-22(32)25-29-21(18-10-12-27-13-11-18)16-23(30-25)28-20-8-5-7-19(26)15-20/h5,7-8,10-13,15-16,22H,3-4,6,9,14,17H2,1-2H3,(H,28,29,30). The van der Waals surface area contributed by atoms with Crippen LogP contribution < -0.4 is 5.32 Å². The molecule has 0 aliphatic carbocycles. The number of likely N-dealkylation sites (N-methyl/N-ethyl adjacent to an activating group) is 1. The van der Waals surface area contributed by atoms with E-state index in [2.05, 4.69) is 29.0 Å². The van der Waals surface area contributed by atoms with E-state index in [0.29, 0.717) is 30.4 Å². The summed E-state index contributed by atoms with van der Waals surface area (Å²) in [4.78, 5) is 30.8. The third kappa shape index (κ3) is 5.51. The van der Waals surface area contributed by atoms with Crippen LogP contribution in [0.4, 0.5) is 15.9 Å². The Balaban J connectivity index is 1.68.